The van der Waals surface area contributed by atoms with Crippen molar-refractivity contribution in [2.75, 3.05) is 0 Å². The maximum absolute atomic E-state index is 13.8. The van der Waals surface area contributed by atoms with Crippen molar-refractivity contribution >= 4 is 53.5 Å². The summed E-state index contributed by atoms with van der Waals surface area (Å²) < 4.78 is 6.23. The van der Waals surface area contributed by atoms with Crippen LogP contribution in [0.15, 0.2) is 77.2 Å². The van der Waals surface area contributed by atoms with Crippen molar-refractivity contribution in [3.05, 3.63) is 98.2 Å². The van der Waals surface area contributed by atoms with Crippen LogP contribution in [0.25, 0.3) is 11.6 Å². The van der Waals surface area contributed by atoms with Crippen LogP contribution in [0.4, 0.5) is 0 Å². The molecule has 3 aliphatic rings. The molecule has 0 unspecified atom stereocenters. The number of carbonyl (C=O) groups is 2. The minimum absolute atomic E-state index is 0.0892. The summed E-state index contributed by atoms with van der Waals surface area (Å²) in [5.74, 6) is -1.18. The van der Waals surface area contributed by atoms with Gasteiger partial charge in [-0.2, -0.15) is 0 Å². The van der Waals surface area contributed by atoms with E-state index in [1.54, 1.807) is 23.5 Å². The fraction of sp³-hybridized carbons (Fsp3) is 0.353. The molecule has 6 nitrogen and oxygen atoms in total. The number of rotatable bonds is 9. The minimum Gasteiger partial charge on any atom is -0.508 e. The highest BCUT2D eigenvalue weighted by atomic mass is 35.5. The van der Waals surface area contributed by atoms with Gasteiger partial charge in [-0.15, -0.1) is 11.3 Å². The number of amides is 2. The number of phenolic OH excluding ortho intramolecular Hbond substituents is 1. The number of halogens is 1. The molecule has 2 N–H and O–H groups in total. The van der Waals surface area contributed by atoms with Crippen LogP contribution in [0.1, 0.15) is 55.0 Å². The van der Waals surface area contributed by atoms with Crippen LogP contribution in [0, 0.1) is 17.8 Å². The zero-order valence-corrected chi connectivity index (χ0v) is 25.7. The quantitative estimate of drug-likeness (QED) is 0.115. The van der Waals surface area contributed by atoms with Gasteiger partial charge in [0.2, 0.25) is 11.8 Å². The number of phenols is 1. The predicted molar refractivity (Wildman–Crippen MR) is 171 cm³/mol. The monoisotopic (exact) mass is 615 g/mol. The Kier molecular flexibility index (Phi) is 8.91. The summed E-state index contributed by atoms with van der Waals surface area (Å²) in [7, 11) is -1.01. The fourth-order valence-electron chi connectivity index (χ4n) is 7.14. The number of allylic oxidation sites excluding steroid dienone is 2. The van der Waals surface area contributed by atoms with Crippen molar-refractivity contribution in [3.8, 4) is 5.75 Å². The van der Waals surface area contributed by atoms with E-state index in [1.807, 2.05) is 41.8 Å². The summed E-state index contributed by atoms with van der Waals surface area (Å²) in [6.07, 6.45) is 5.55. The second-order valence-electron chi connectivity index (χ2n) is 11.7. The molecule has 2 aromatic carbocycles. The third-order valence-corrected chi connectivity index (χ3v) is 10.2. The molecule has 6 rings (SSSR count). The Bertz CT molecular complexity index is 1560. The number of likely N-dealkylation sites (tertiary alicyclic amines) is 1. The van der Waals surface area contributed by atoms with E-state index < -0.39 is 13.0 Å². The van der Waals surface area contributed by atoms with Gasteiger partial charge in [-0.25, -0.2) is 0 Å². The molecule has 1 aromatic heterocycles. The van der Waals surface area contributed by atoms with Crippen LogP contribution in [-0.2, 0) is 20.8 Å². The zero-order chi connectivity index (χ0) is 30.1. The largest absolute Gasteiger partial charge is 0.508 e. The molecule has 2 saturated heterocycles. The Balaban J connectivity index is 1.31. The number of carbonyl (C=O) groups excluding carboxylic acids is 2. The van der Waals surface area contributed by atoms with E-state index >= 15 is 0 Å². The number of thiophene rings is 1. The van der Waals surface area contributed by atoms with Gasteiger partial charge in [-0.3, -0.25) is 14.5 Å². The Morgan fingerprint density at radius 2 is 1.93 bits per heavy atom. The van der Waals surface area contributed by atoms with Crippen molar-refractivity contribution < 1.29 is 24.4 Å². The van der Waals surface area contributed by atoms with E-state index in [-0.39, 0.29) is 35.5 Å². The van der Waals surface area contributed by atoms with Gasteiger partial charge in [0.25, 0.3) is 0 Å². The summed E-state index contributed by atoms with van der Waals surface area (Å²) in [5.41, 5.74) is 5.22. The number of fused-ring (bicyclic) bond motifs is 3. The molecular formula is C34H35BClNO5S. The van der Waals surface area contributed by atoms with Crippen molar-refractivity contribution in [2.45, 2.75) is 58.0 Å². The van der Waals surface area contributed by atoms with Crippen LogP contribution in [0.3, 0.4) is 0 Å². The summed E-state index contributed by atoms with van der Waals surface area (Å²) in [6.45, 7) is 2.44. The van der Waals surface area contributed by atoms with Crippen LogP contribution >= 0.6 is 22.9 Å². The Labute approximate surface area is 261 Å². The minimum atomic E-state index is -1.01. The molecule has 3 aromatic rings. The average Bonchev–Trinajstić information content (AvgIpc) is 3.59. The van der Waals surface area contributed by atoms with Crippen LogP contribution in [-0.4, -0.2) is 40.1 Å². The molecule has 0 saturated carbocycles. The molecule has 2 amide bonds. The molecule has 0 spiro atoms. The summed E-state index contributed by atoms with van der Waals surface area (Å²) >= 11 is 8.02. The lowest BCUT2D eigenvalue weighted by molar-refractivity contribution is -0.140. The molecule has 2 fully saturated rings. The molecular weight excluding hydrogens is 581 g/mol. The smallest absolute Gasteiger partial charge is 0.455 e. The highest BCUT2D eigenvalue weighted by Crippen LogP contribution is 2.52. The van der Waals surface area contributed by atoms with Gasteiger partial charge in [0.15, 0.2) is 0 Å². The number of hydrogen-bond acceptors (Lipinski definition) is 6. The fourth-order valence-corrected chi connectivity index (χ4v) is 8.06. The highest BCUT2D eigenvalue weighted by molar-refractivity contribution is 7.09. The van der Waals surface area contributed by atoms with Gasteiger partial charge in [0.1, 0.15) is 5.75 Å². The summed E-state index contributed by atoms with van der Waals surface area (Å²) in [4.78, 5) is 29.9. The van der Waals surface area contributed by atoms with E-state index in [9.17, 15) is 19.7 Å². The number of benzene rings is 2. The van der Waals surface area contributed by atoms with Gasteiger partial charge in [0.05, 0.1) is 29.5 Å². The second-order valence-corrected chi connectivity index (χ2v) is 13.1. The van der Waals surface area contributed by atoms with Crippen molar-refractivity contribution in [3.63, 3.8) is 0 Å². The Morgan fingerprint density at radius 3 is 2.65 bits per heavy atom. The van der Waals surface area contributed by atoms with E-state index in [4.69, 9.17) is 16.3 Å². The number of hydrogen-bond donors (Lipinski definition) is 2. The van der Waals surface area contributed by atoms with Crippen LogP contribution in [0.5, 0.6) is 5.75 Å². The molecule has 1 aliphatic carbocycles. The average molecular weight is 616 g/mol. The van der Waals surface area contributed by atoms with Gasteiger partial charge in [-0.1, -0.05) is 66.9 Å². The number of nitrogens with zero attached hydrogens (tertiary/aromatic N) is 1. The lowest BCUT2D eigenvalue weighted by atomic mass is 9.58. The van der Waals surface area contributed by atoms with E-state index in [2.05, 4.69) is 19.1 Å². The third-order valence-electron chi connectivity index (χ3n) is 8.98. The molecule has 9 heteroatoms. The molecule has 0 bridgehead atoms. The Morgan fingerprint density at radius 1 is 1.12 bits per heavy atom. The highest BCUT2D eigenvalue weighted by Gasteiger charge is 2.57. The molecule has 0 radical (unpaired) electrons. The molecule has 3 heterocycles. The van der Waals surface area contributed by atoms with Gasteiger partial charge in [0, 0.05) is 4.88 Å². The molecule has 222 valence electrons. The first-order valence-electron chi connectivity index (χ1n) is 15.0. The molecule has 43 heavy (non-hydrogen) atoms. The Hall–Kier alpha value is -3.17. The van der Waals surface area contributed by atoms with Gasteiger partial charge >= 0.3 is 7.12 Å². The van der Waals surface area contributed by atoms with Gasteiger partial charge in [-0.05, 0) is 95.9 Å². The summed E-state index contributed by atoms with van der Waals surface area (Å²) in [5, 5.41) is 23.2. The van der Waals surface area contributed by atoms with E-state index in [0.717, 1.165) is 40.0 Å². The van der Waals surface area contributed by atoms with Crippen molar-refractivity contribution in [1.29, 1.82) is 0 Å². The topological polar surface area (TPSA) is 87.1 Å². The molecule has 4 atom stereocenters. The first kappa shape index (κ1) is 29.9. The van der Waals surface area contributed by atoms with Gasteiger partial charge < -0.3 is 14.8 Å². The van der Waals surface area contributed by atoms with E-state index in [0.29, 0.717) is 37.2 Å². The lowest BCUT2D eigenvalue weighted by Crippen LogP contribution is -2.46. The number of aromatic hydroxyl groups is 1. The SMILES string of the molecule is CCCC1=C2[C@@H](CC/C(=C/c3ccc(O)cc3Cl)c3ccccc3)OB(O)C[C@@H]2[C@@H]2C(=O)N(Cc3cccs3)C(=O)[C@@H]2C1. The maximum Gasteiger partial charge on any atom is 0.455 e. The standard InChI is InChI=1S/C34H35BClNO5S/c1-2-7-24-17-27-32(34(40)37(33(27)39)20-26-10-6-15-43-26)28-19-35(41)42-30(31(24)28)14-12-22(21-8-4-3-5-9-21)16-23-11-13-25(38)18-29(23)36/h3-6,8-11,13,15-16,18,27-28,30,32,38,41H,2,7,12,14,17,19-20H2,1H3/b22-16-/t27-,28+,30-,32-/m1/s1. The zero-order valence-electron chi connectivity index (χ0n) is 24.1. The maximum atomic E-state index is 13.8. The molecule has 2 aliphatic heterocycles. The van der Waals surface area contributed by atoms with Crippen molar-refractivity contribution in [1.82, 2.24) is 4.90 Å². The first-order valence-corrected chi connectivity index (χ1v) is 16.3. The van der Waals surface area contributed by atoms with Crippen molar-refractivity contribution in [2.24, 2.45) is 17.8 Å². The van der Waals surface area contributed by atoms with Crippen LogP contribution in [0.2, 0.25) is 11.3 Å². The predicted octanol–water partition coefficient (Wildman–Crippen LogP) is 7.23. The van der Waals surface area contributed by atoms with E-state index in [1.165, 1.54) is 16.5 Å². The second kappa shape index (κ2) is 12.8. The lowest BCUT2D eigenvalue weighted by Gasteiger charge is -2.43. The third kappa shape index (κ3) is 6.11. The first-order chi connectivity index (χ1) is 20.8. The summed E-state index contributed by atoms with van der Waals surface area (Å²) in [6, 6.07) is 18.9. The normalized spacial score (nSPS) is 24.0. The number of imide groups is 1. The van der Waals surface area contributed by atoms with Crippen LogP contribution < -0.4 is 0 Å².